The topological polar surface area (TPSA) is 127 Å². The van der Waals surface area contributed by atoms with E-state index in [9.17, 15) is 25.0 Å². The number of rotatable bonds is 6. The summed E-state index contributed by atoms with van der Waals surface area (Å²) >= 11 is 0. The highest BCUT2D eigenvalue weighted by atomic mass is 16.6. The molecule has 0 aliphatic carbocycles. The van der Waals surface area contributed by atoms with Crippen LogP contribution in [0.15, 0.2) is 36.4 Å². The number of benzene rings is 2. The summed E-state index contributed by atoms with van der Waals surface area (Å²) in [4.78, 5) is 31.5. The predicted octanol–water partition coefficient (Wildman–Crippen LogP) is 2.60. The summed E-state index contributed by atoms with van der Waals surface area (Å²) in [6, 6.07) is 8.90. The second-order valence-corrected chi connectivity index (χ2v) is 5.92. The zero-order valence-electron chi connectivity index (χ0n) is 13.5. The summed E-state index contributed by atoms with van der Waals surface area (Å²) in [5, 5.41) is 30.9. The normalized spacial score (nSPS) is 12.4. The van der Waals surface area contributed by atoms with E-state index in [0.717, 1.165) is 17.3 Å². The predicted molar refractivity (Wildman–Crippen MR) is 90.9 cm³/mol. The molecule has 0 bridgehead atoms. The Bertz CT molecular complexity index is 935. The molecule has 3 rings (SSSR count). The van der Waals surface area contributed by atoms with Gasteiger partial charge in [0.1, 0.15) is 0 Å². The molecule has 2 aromatic rings. The van der Waals surface area contributed by atoms with Gasteiger partial charge in [0.25, 0.3) is 11.4 Å². The fraction of sp³-hybridized carbons (Fsp3) is 0.176. The molecule has 132 valence electrons. The number of non-ortho nitro benzene ring substituents is 2. The van der Waals surface area contributed by atoms with Crippen LogP contribution in [0.1, 0.15) is 16.7 Å². The third-order valence-corrected chi connectivity index (χ3v) is 4.08. The molecule has 1 aliphatic rings. The molecule has 0 spiro atoms. The first-order chi connectivity index (χ1) is 12.3. The van der Waals surface area contributed by atoms with Crippen LogP contribution in [0.3, 0.4) is 0 Å². The van der Waals surface area contributed by atoms with Gasteiger partial charge in [-0.2, -0.15) is 4.58 Å². The van der Waals surface area contributed by atoms with Crippen LogP contribution in [-0.2, 0) is 24.2 Å². The van der Waals surface area contributed by atoms with Crippen molar-refractivity contribution < 1.29 is 24.3 Å². The second-order valence-electron chi connectivity index (χ2n) is 5.92. The highest BCUT2D eigenvalue weighted by Gasteiger charge is 2.25. The average Bonchev–Trinajstić information content (AvgIpc) is 2.96. The van der Waals surface area contributed by atoms with Crippen molar-refractivity contribution in [3.05, 3.63) is 73.3 Å². The Morgan fingerprint density at radius 3 is 2.27 bits per heavy atom. The number of nitrogens with zero attached hydrogens (tertiary/aromatic N) is 3. The van der Waals surface area contributed by atoms with Gasteiger partial charge in [-0.25, -0.2) is 0 Å². The van der Waals surface area contributed by atoms with Crippen LogP contribution in [0.25, 0.3) is 0 Å². The lowest BCUT2D eigenvalue weighted by atomic mass is 10.1. The van der Waals surface area contributed by atoms with E-state index in [-0.39, 0.29) is 24.3 Å². The number of nitro groups is 2. The summed E-state index contributed by atoms with van der Waals surface area (Å²) in [5.74, 6) is -0.910. The highest BCUT2D eigenvalue weighted by Crippen LogP contribution is 2.29. The van der Waals surface area contributed by atoms with Crippen LogP contribution in [0.5, 0.6) is 0 Å². The summed E-state index contributed by atoms with van der Waals surface area (Å²) in [5.41, 5.74) is 2.29. The lowest BCUT2D eigenvalue weighted by Crippen LogP contribution is -2.05. The lowest BCUT2D eigenvalue weighted by Gasteiger charge is -2.04. The molecule has 0 fully saturated rings. The molecule has 0 radical (unpaired) electrons. The quantitative estimate of drug-likeness (QED) is 0.481. The van der Waals surface area contributed by atoms with Gasteiger partial charge in [0.2, 0.25) is 5.69 Å². The number of aliphatic carboxylic acids is 1. The van der Waals surface area contributed by atoms with Gasteiger partial charge in [0, 0.05) is 29.3 Å². The van der Waals surface area contributed by atoms with Gasteiger partial charge in [-0.3, -0.25) is 25.0 Å². The Morgan fingerprint density at radius 1 is 1.04 bits per heavy atom. The summed E-state index contributed by atoms with van der Waals surface area (Å²) in [6.07, 6.45) is 2.41. The monoisotopic (exact) mass is 356 g/mol. The molecule has 26 heavy (non-hydrogen) atoms. The standard InChI is InChI=1S/C17H13N3O6/c21-17(22)8-11-1-2-16-13(5-11)3-4-18(16)10-12-6-14(19(23)24)9-15(7-12)20(25)26/h1-2,4-7,9H,3,8,10H2/p+1. The van der Waals surface area contributed by atoms with E-state index in [1.807, 2.05) is 16.9 Å². The molecule has 2 aromatic carbocycles. The molecule has 0 atom stereocenters. The van der Waals surface area contributed by atoms with E-state index in [0.29, 0.717) is 17.5 Å². The second kappa shape index (κ2) is 6.71. The Balaban J connectivity index is 1.89. The van der Waals surface area contributed by atoms with E-state index in [1.165, 1.54) is 12.1 Å². The van der Waals surface area contributed by atoms with Crippen molar-refractivity contribution in [3.63, 3.8) is 0 Å². The first-order valence-electron chi connectivity index (χ1n) is 7.70. The van der Waals surface area contributed by atoms with Crippen molar-refractivity contribution in [2.45, 2.75) is 19.4 Å². The Labute approximate surface area is 147 Å². The number of hydrogen-bond donors (Lipinski definition) is 1. The van der Waals surface area contributed by atoms with E-state index in [2.05, 4.69) is 0 Å². The Hall–Kier alpha value is -3.62. The number of carboxylic acid groups (broad SMARTS) is 1. The van der Waals surface area contributed by atoms with Gasteiger partial charge < -0.3 is 5.11 Å². The third-order valence-electron chi connectivity index (χ3n) is 4.08. The maximum absolute atomic E-state index is 11.0. The van der Waals surface area contributed by atoms with Crippen molar-refractivity contribution in [3.8, 4) is 0 Å². The van der Waals surface area contributed by atoms with Crippen molar-refractivity contribution in [2.24, 2.45) is 0 Å². The van der Waals surface area contributed by atoms with Gasteiger partial charge in [0.15, 0.2) is 12.8 Å². The third kappa shape index (κ3) is 3.56. The number of nitro benzene ring substituents is 2. The molecule has 0 saturated carbocycles. The molecule has 1 aliphatic heterocycles. The maximum Gasteiger partial charge on any atom is 0.307 e. The van der Waals surface area contributed by atoms with Crippen LogP contribution in [0, 0.1) is 20.2 Å². The van der Waals surface area contributed by atoms with Crippen molar-refractivity contribution in [2.75, 3.05) is 0 Å². The lowest BCUT2D eigenvalue weighted by molar-refractivity contribution is -0.450. The van der Waals surface area contributed by atoms with Crippen LogP contribution >= 0.6 is 0 Å². The van der Waals surface area contributed by atoms with Crippen LogP contribution in [-0.4, -0.2) is 31.7 Å². The highest BCUT2D eigenvalue weighted by molar-refractivity contribution is 5.72. The summed E-state index contributed by atoms with van der Waals surface area (Å²) in [6.45, 7) is 0.244. The summed E-state index contributed by atoms with van der Waals surface area (Å²) < 4.78 is 1.85. The molecular formula is C17H14N3O6+. The molecule has 9 heteroatoms. The number of fused-ring (bicyclic) bond motifs is 1. The molecule has 0 saturated heterocycles. The minimum atomic E-state index is -0.910. The fourth-order valence-electron chi connectivity index (χ4n) is 2.98. The Morgan fingerprint density at radius 2 is 1.69 bits per heavy atom. The SMILES string of the molecule is O=C(O)Cc1ccc2c(c1)CC=[N+]2Cc1cc([N+](=O)[O-])cc([N+](=O)[O-])c1. The van der Waals surface area contributed by atoms with E-state index in [1.54, 1.807) is 12.1 Å². The van der Waals surface area contributed by atoms with E-state index in [4.69, 9.17) is 5.11 Å². The van der Waals surface area contributed by atoms with E-state index >= 15 is 0 Å². The zero-order chi connectivity index (χ0) is 18.8. The van der Waals surface area contributed by atoms with Crippen molar-refractivity contribution >= 4 is 29.2 Å². The first kappa shape index (κ1) is 17.2. The van der Waals surface area contributed by atoms with Gasteiger partial charge >= 0.3 is 5.97 Å². The molecule has 9 nitrogen and oxygen atoms in total. The maximum atomic E-state index is 11.0. The van der Waals surface area contributed by atoms with Crippen LogP contribution < -0.4 is 0 Å². The minimum absolute atomic E-state index is 0.0651. The molecule has 1 heterocycles. The largest absolute Gasteiger partial charge is 0.481 e. The average molecular weight is 356 g/mol. The van der Waals surface area contributed by atoms with Crippen LogP contribution in [0.2, 0.25) is 0 Å². The van der Waals surface area contributed by atoms with Crippen molar-refractivity contribution in [1.82, 2.24) is 0 Å². The van der Waals surface area contributed by atoms with E-state index < -0.39 is 15.8 Å². The Kier molecular flexibility index (Phi) is 4.44. The molecule has 0 unspecified atom stereocenters. The smallest absolute Gasteiger partial charge is 0.307 e. The number of carbonyl (C=O) groups is 1. The molecule has 1 N–H and O–H groups in total. The van der Waals surface area contributed by atoms with Crippen molar-refractivity contribution in [1.29, 1.82) is 0 Å². The molecule has 0 aromatic heterocycles. The molecular weight excluding hydrogens is 342 g/mol. The summed E-state index contributed by atoms with van der Waals surface area (Å²) in [7, 11) is 0. The minimum Gasteiger partial charge on any atom is -0.481 e. The van der Waals surface area contributed by atoms with Gasteiger partial charge in [0.05, 0.1) is 28.8 Å². The first-order valence-corrected chi connectivity index (χ1v) is 7.70. The number of carboxylic acids is 1. The van der Waals surface area contributed by atoms with Gasteiger partial charge in [-0.05, 0) is 11.6 Å². The van der Waals surface area contributed by atoms with Crippen LogP contribution in [0.4, 0.5) is 17.1 Å². The zero-order valence-corrected chi connectivity index (χ0v) is 13.5. The van der Waals surface area contributed by atoms with Gasteiger partial charge in [-0.1, -0.05) is 6.07 Å². The van der Waals surface area contributed by atoms with Gasteiger partial charge in [-0.15, -0.1) is 0 Å². The number of hydrogen-bond acceptors (Lipinski definition) is 5. The fourth-order valence-corrected chi connectivity index (χ4v) is 2.98. The molecule has 0 amide bonds.